The number of aromatic hydroxyl groups is 1. The quantitative estimate of drug-likeness (QED) is 0.230. The highest BCUT2D eigenvalue weighted by molar-refractivity contribution is 5.50. The first-order valence-corrected chi connectivity index (χ1v) is 9.81. The van der Waals surface area contributed by atoms with E-state index in [4.69, 9.17) is 5.73 Å². The van der Waals surface area contributed by atoms with Gasteiger partial charge < -0.3 is 10.8 Å². The molecule has 2 nitrogen and oxygen atoms in total. The number of hydrogen-bond donors (Lipinski definition) is 2. The Bertz CT molecular complexity index is 403. The van der Waals surface area contributed by atoms with Gasteiger partial charge in [0.2, 0.25) is 0 Å². The maximum Gasteiger partial charge on any atom is 0.116 e. The fourth-order valence-electron chi connectivity index (χ4n) is 3.14. The van der Waals surface area contributed by atoms with Crippen LogP contribution in [0.4, 0.5) is 5.69 Å². The second kappa shape index (κ2) is 13.3. The number of benzene rings is 1. The summed E-state index contributed by atoms with van der Waals surface area (Å²) in [6, 6.07) is 5.26. The Kier molecular flexibility index (Phi) is 11.5. The SMILES string of the molecule is CCCCCCCCCCCCCCCc1cc(O)ccc1N. The lowest BCUT2D eigenvalue weighted by Crippen LogP contribution is -1.94. The summed E-state index contributed by atoms with van der Waals surface area (Å²) in [5, 5.41) is 9.49. The number of phenols is 1. The zero-order chi connectivity index (χ0) is 16.8. The first-order valence-electron chi connectivity index (χ1n) is 9.81. The van der Waals surface area contributed by atoms with Gasteiger partial charge in [-0.1, -0.05) is 84.0 Å². The van der Waals surface area contributed by atoms with Crippen LogP contribution in [0.2, 0.25) is 0 Å². The summed E-state index contributed by atoms with van der Waals surface area (Å²) in [7, 11) is 0. The molecule has 3 N–H and O–H groups in total. The molecule has 23 heavy (non-hydrogen) atoms. The van der Waals surface area contributed by atoms with Crippen LogP contribution in [0.5, 0.6) is 5.75 Å². The van der Waals surface area contributed by atoms with E-state index < -0.39 is 0 Å². The predicted octanol–water partition coefficient (Wildman–Crippen LogP) is 6.61. The molecule has 0 unspecified atom stereocenters. The molecule has 0 atom stereocenters. The van der Waals surface area contributed by atoms with Crippen molar-refractivity contribution >= 4 is 5.69 Å². The van der Waals surface area contributed by atoms with E-state index in [1.165, 1.54) is 83.5 Å². The van der Waals surface area contributed by atoms with Crippen LogP contribution in [0.1, 0.15) is 96.0 Å². The van der Waals surface area contributed by atoms with Crippen molar-refractivity contribution in [1.29, 1.82) is 0 Å². The fourth-order valence-corrected chi connectivity index (χ4v) is 3.14. The average molecular weight is 320 g/mol. The fraction of sp³-hybridized carbons (Fsp3) is 0.714. The topological polar surface area (TPSA) is 46.2 Å². The number of rotatable bonds is 14. The number of phenolic OH excluding ortho intramolecular Hbond substituents is 1. The van der Waals surface area contributed by atoms with Gasteiger partial charge in [-0.05, 0) is 36.6 Å². The molecule has 0 aliphatic carbocycles. The van der Waals surface area contributed by atoms with Gasteiger partial charge in [0.15, 0.2) is 0 Å². The second-order valence-electron chi connectivity index (χ2n) is 6.88. The zero-order valence-electron chi connectivity index (χ0n) is 15.2. The van der Waals surface area contributed by atoms with Crippen molar-refractivity contribution in [1.82, 2.24) is 0 Å². The summed E-state index contributed by atoms with van der Waals surface area (Å²) in [5.41, 5.74) is 7.82. The van der Waals surface area contributed by atoms with E-state index in [0.717, 1.165) is 17.7 Å². The first-order chi connectivity index (χ1) is 11.2. The van der Waals surface area contributed by atoms with E-state index in [2.05, 4.69) is 6.92 Å². The summed E-state index contributed by atoms with van der Waals surface area (Å²) in [6.07, 6.45) is 18.8. The standard InChI is InChI=1S/C21H37NO/c1-2-3-4-5-6-7-8-9-10-11-12-13-14-15-19-18-20(23)16-17-21(19)22/h16-18,23H,2-15,22H2,1H3. The van der Waals surface area contributed by atoms with E-state index in [0.29, 0.717) is 5.75 Å². The van der Waals surface area contributed by atoms with Crippen molar-refractivity contribution in [2.24, 2.45) is 0 Å². The lowest BCUT2D eigenvalue weighted by atomic mass is 10.0. The third kappa shape index (κ3) is 10.3. The van der Waals surface area contributed by atoms with E-state index in [-0.39, 0.29) is 0 Å². The normalized spacial score (nSPS) is 11.0. The molecule has 2 heteroatoms. The van der Waals surface area contributed by atoms with Crippen molar-refractivity contribution in [2.75, 3.05) is 5.73 Å². The summed E-state index contributed by atoms with van der Waals surface area (Å²) in [4.78, 5) is 0. The number of aryl methyl sites for hydroxylation is 1. The lowest BCUT2D eigenvalue weighted by Gasteiger charge is -2.06. The van der Waals surface area contributed by atoms with Crippen molar-refractivity contribution in [3.8, 4) is 5.75 Å². The Morgan fingerprint density at radius 2 is 1.22 bits per heavy atom. The highest BCUT2D eigenvalue weighted by atomic mass is 16.3. The van der Waals surface area contributed by atoms with E-state index in [1.54, 1.807) is 18.2 Å². The number of anilines is 1. The minimum Gasteiger partial charge on any atom is -0.508 e. The van der Waals surface area contributed by atoms with Crippen LogP contribution in [-0.2, 0) is 6.42 Å². The Hall–Kier alpha value is -1.18. The largest absolute Gasteiger partial charge is 0.508 e. The van der Waals surface area contributed by atoms with E-state index >= 15 is 0 Å². The third-order valence-corrected chi connectivity index (χ3v) is 4.68. The molecule has 0 spiro atoms. The average Bonchev–Trinajstić information content (AvgIpc) is 2.55. The van der Waals surface area contributed by atoms with Crippen molar-refractivity contribution in [3.63, 3.8) is 0 Å². The molecule has 0 saturated carbocycles. The van der Waals surface area contributed by atoms with E-state index in [1.807, 2.05) is 0 Å². The molecule has 1 rings (SSSR count). The van der Waals surface area contributed by atoms with Gasteiger partial charge in [-0.25, -0.2) is 0 Å². The molecule has 0 aliphatic heterocycles. The smallest absolute Gasteiger partial charge is 0.116 e. The van der Waals surface area contributed by atoms with Crippen LogP contribution in [0.3, 0.4) is 0 Å². The molecule has 0 aliphatic rings. The maximum absolute atomic E-state index is 9.49. The highest BCUT2D eigenvalue weighted by Crippen LogP contribution is 2.21. The first kappa shape index (κ1) is 19.9. The van der Waals surface area contributed by atoms with Gasteiger partial charge in [-0.15, -0.1) is 0 Å². The van der Waals surface area contributed by atoms with Gasteiger partial charge in [-0.2, -0.15) is 0 Å². The lowest BCUT2D eigenvalue weighted by molar-refractivity contribution is 0.474. The van der Waals surface area contributed by atoms with Crippen molar-refractivity contribution in [3.05, 3.63) is 23.8 Å². The molecular weight excluding hydrogens is 282 g/mol. The second-order valence-corrected chi connectivity index (χ2v) is 6.88. The van der Waals surface area contributed by atoms with Gasteiger partial charge in [0.25, 0.3) is 0 Å². The number of nitrogen functional groups attached to an aromatic ring is 1. The monoisotopic (exact) mass is 319 g/mol. The summed E-state index contributed by atoms with van der Waals surface area (Å²) in [6.45, 7) is 2.28. The molecular formula is C21H37NO. The minimum atomic E-state index is 0.323. The molecule has 0 fully saturated rings. The Balaban J connectivity index is 1.87. The highest BCUT2D eigenvalue weighted by Gasteiger charge is 2.01. The Morgan fingerprint density at radius 1 is 0.739 bits per heavy atom. The van der Waals surface area contributed by atoms with Crippen LogP contribution < -0.4 is 5.73 Å². The number of unbranched alkanes of at least 4 members (excludes halogenated alkanes) is 12. The van der Waals surface area contributed by atoms with Gasteiger partial charge >= 0.3 is 0 Å². The summed E-state index contributed by atoms with van der Waals surface area (Å²) < 4.78 is 0. The molecule has 0 heterocycles. The van der Waals surface area contributed by atoms with Crippen LogP contribution >= 0.6 is 0 Å². The van der Waals surface area contributed by atoms with Gasteiger partial charge in [0, 0.05) is 5.69 Å². The van der Waals surface area contributed by atoms with Crippen LogP contribution in [0.15, 0.2) is 18.2 Å². The third-order valence-electron chi connectivity index (χ3n) is 4.68. The van der Waals surface area contributed by atoms with Crippen molar-refractivity contribution < 1.29 is 5.11 Å². The zero-order valence-corrected chi connectivity index (χ0v) is 15.2. The Morgan fingerprint density at radius 3 is 1.74 bits per heavy atom. The van der Waals surface area contributed by atoms with Gasteiger partial charge in [-0.3, -0.25) is 0 Å². The maximum atomic E-state index is 9.49. The molecule has 1 aromatic rings. The molecule has 132 valence electrons. The number of nitrogens with two attached hydrogens (primary N) is 1. The molecule has 0 aromatic heterocycles. The molecule has 0 amide bonds. The van der Waals surface area contributed by atoms with Crippen LogP contribution in [0, 0.1) is 0 Å². The Labute approximate surface area is 143 Å². The molecule has 1 aromatic carbocycles. The molecule has 0 bridgehead atoms. The summed E-state index contributed by atoms with van der Waals surface area (Å²) in [5.74, 6) is 0.323. The number of hydrogen-bond acceptors (Lipinski definition) is 2. The summed E-state index contributed by atoms with van der Waals surface area (Å²) >= 11 is 0. The van der Waals surface area contributed by atoms with Gasteiger partial charge in [0.1, 0.15) is 5.75 Å². The van der Waals surface area contributed by atoms with E-state index in [9.17, 15) is 5.11 Å². The van der Waals surface area contributed by atoms with Crippen molar-refractivity contribution in [2.45, 2.75) is 96.8 Å². The van der Waals surface area contributed by atoms with Crippen LogP contribution in [0.25, 0.3) is 0 Å². The molecule has 0 saturated heterocycles. The predicted molar refractivity (Wildman–Crippen MR) is 102 cm³/mol. The van der Waals surface area contributed by atoms with Crippen LogP contribution in [-0.4, -0.2) is 5.11 Å². The minimum absolute atomic E-state index is 0.323. The molecule has 0 radical (unpaired) electrons. The van der Waals surface area contributed by atoms with Gasteiger partial charge in [0.05, 0.1) is 0 Å².